The van der Waals surface area contributed by atoms with Crippen molar-refractivity contribution in [3.8, 4) is 35.2 Å². The van der Waals surface area contributed by atoms with Gasteiger partial charge in [-0.25, -0.2) is 0 Å². The summed E-state index contributed by atoms with van der Waals surface area (Å²) in [4.78, 5) is 22.7. The van der Waals surface area contributed by atoms with Crippen LogP contribution >= 0.6 is 0 Å². The van der Waals surface area contributed by atoms with Crippen molar-refractivity contribution >= 4 is 11.9 Å². The third-order valence-corrected chi connectivity index (χ3v) is 6.07. The van der Waals surface area contributed by atoms with E-state index in [1.165, 1.54) is 25.3 Å². The zero-order chi connectivity index (χ0) is 29.3. The van der Waals surface area contributed by atoms with E-state index in [0.717, 1.165) is 16.9 Å². The first-order chi connectivity index (χ1) is 19.3. The number of phenolic OH excluding ortho intramolecular Hbond substituents is 1. The zero-order valence-electron chi connectivity index (χ0n) is 23.7. The fourth-order valence-corrected chi connectivity index (χ4v) is 3.79. The molecule has 0 radical (unpaired) electrons. The maximum absolute atomic E-state index is 11.5. The van der Waals surface area contributed by atoms with Gasteiger partial charge in [0.05, 0.1) is 38.9 Å². The number of aromatic hydroxyl groups is 1. The van der Waals surface area contributed by atoms with Crippen LogP contribution in [-0.2, 0) is 25.7 Å². The number of esters is 2. The number of methoxy groups -OCH3 is 2. The summed E-state index contributed by atoms with van der Waals surface area (Å²) in [7, 11) is 2.75. The number of hydrogen-bond acceptors (Lipinski definition) is 6. The molecular weight excluding hydrogens is 504 g/mol. The van der Waals surface area contributed by atoms with Gasteiger partial charge in [-0.05, 0) is 67.3 Å². The van der Waals surface area contributed by atoms with Crippen molar-refractivity contribution in [3.05, 3.63) is 95.1 Å². The molecule has 6 nitrogen and oxygen atoms in total. The highest BCUT2D eigenvalue weighted by Gasteiger charge is 2.15. The lowest BCUT2D eigenvalue weighted by Gasteiger charge is -2.12. The van der Waals surface area contributed by atoms with Gasteiger partial charge in [0.25, 0.3) is 0 Å². The van der Waals surface area contributed by atoms with Crippen LogP contribution in [0.15, 0.2) is 72.8 Å². The number of ether oxygens (including phenoxy) is 3. The molecule has 0 aliphatic carbocycles. The first-order valence-electron chi connectivity index (χ1n) is 12.9. The van der Waals surface area contributed by atoms with Crippen molar-refractivity contribution in [1.82, 2.24) is 0 Å². The van der Waals surface area contributed by atoms with E-state index in [9.17, 15) is 9.59 Å². The van der Waals surface area contributed by atoms with Gasteiger partial charge < -0.3 is 19.3 Å². The van der Waals surface area contributed by atoms with Crippen molar-refractivity contribution in [2.45, 2.75) is 52.1 Å². The molecule has 40 heavy (non-hydrogen) atoms. The van der Waals surface area contributed by atoms with Gasteiger partial charge in [-0.1, -0.05) is 60.4 Å². The average molecular weight is 541 g/mol. The third kappa shape index (κ3) is 10.6. The topological polar surface area (TPSA) is 82.1 Å². The van der Waals surface area contributed by atoms with E-state index in [-0.39, 0.29) is 42.4 Å². The summed E-state index contributed by atoms with van der Waals surface area (Å²) in [6.07, 6.45) is 0.475. The Kier molecular flexibility index (Phi) is 13.4. The van der Waals surface area contributed by atoms with Crippen LogP contribution in [0.4, 0.5) is 0 Å². The minimum absolute atomic E-state index is 0.159. The number of phenols is 1. The number of carbonyl (C=O) groups is 2. The van der Waals surface area contributed by atoms with Crippen LogP contribution in [0.2, 0.25) is 0 Å². The SMILES string of the molecule is CC#C[C@H](CC(=O)OC)c1ccc(O)cc1.CC#C[C@H](CC(=O)OC)c1ccc(OCc2ccccc2C)cc1. The van der Waals surface area contributed by atoms with Crippen LogP contribution in [-0.4, -0.2) is 31.3 Å². The van der Waals surface area contributed by atoms with Gasteiger partial charge in [0.15, 0.2) is 0 Å². The van der Waals surface area contributed by atoms with Crippen molar-refractivity contribution in [2.24, 2.45) is 0 Å². The fraction of sp³-hybridized carbons (Fsp3) is 0.294. The Labute approximate surface area is 237 Å². The quantitative estimate of drug-likeness (QED) is 0.253. The molecule has 6 heteroatoms. The van der Waals surface area contributed by atoms with Crippen LogP contribution in [0.1, 0.15) is 60.8 Å². The van der Waals surface area contributed by atoms with Gasteiger partial charge in [0.1, 0.15) is 18.1 Å². The molecule has 2 atom stereocenters. The standard InChI is InChI=1S/C21H22O3.C13H14O3/c1-4-7-18(14-21(22)23-3)17-10-12-20(13-11-17)24-15-19-9-6-5-8-16(19)2;1-3-4-11(9-13(15)16-2)10-5-7-12(14)8-6-10/h5-6,8-13,18H,14-15H2,1-3H3;5-8,11,14H,9H2,1-2H3/t18-;11-/m11/s1. The van der Waals surface area contributed by atoms with E-state index in [2.05, 4.69) is 47.5 Å². The minimum atomic E-state index is -0.291. The predicted octanol–water partition coefficient (Wildman–Crippen LogP) is 6.31. The van der Waals surface area contributed by atoms with Gasteiger partial charge in [0, 0.05) is 0 Å². The second kappa shape index (κ2) is 17.0. The molecule has 0 unspecified atom stereocenters. The van der Waals surface area contributed by atoms with Crippen LogP contribution in [0.5, 0.6) is 11.5 Å². The normalized spacial score (nSPS) is 11.1. The Morgan fingerprint density at radius 2 is 1.23 bits per heavy atom. The summed E-state index contributed by atoms with van der Waals surface area (Å²) in [5.74, 6) is 11.8. The summed E-state index contributed by atoms with van der Waals surface area (Å²) >= 11 is 0. The van der Waals surface area contributed by atoms with Crippen molar-refractivity contribution in [1.29, 1.82) is 0 Å². The molecule has 208 valence electrons. The van der Waals surface area contributed by atoms with Crippen LogP contribution < -0.4 is 4.74 Å². The van der Waals surface area contributed by atoms with Crippen molar-refractivity contribution in [2.75, 3.05) is 14.2 Å². The monoisotopic (exact) mass is 540 g/mol. The van der Waals surface area contributed by atoms with Crippen LogP contribution in [0.25, 0.3) is 0 Å². The van der Waals surface area contributed by atoms with Crippen LogP contribution in [0, 0.1) is 30.6 Å². The molecule has 0 amide bonds. The Bertz CT molecular complexity index is 1350. The molecule has 0 spiro atoms. The van der Waals surface area contributed by atoms with E-state index < -0.39 is 0 Å². The van der Waals surface area contributed by atoms with Crippen molar-refractivity contribution in [3.63, 3.8) is 0 Å². The summed E-state index contributed by atoms with van der Waals surface area (Å²) < 4.78 is 15.2. The van der Waals surface area contributed by atoms with E-state index in [4.69, 9.17) is 14.6 Å². The molecule has 1 N–H and O–H groups in total. The molecule has 0 saturated heterocycles. The molecule has 0 aromatic heterocycles. The van der Waals surface area contributed by atoms with E-state index >= 15 is 0 Å². The molecule has 3 aromatic rings. The highest BCUT2D eigenvalue weighted by atomic mass is 16.5. The van der Waals surface area contributed by atoms with Crippen LogP contribution in [0.3, 0.4) is 0 Å². The lowest BCUT2D eigenvalue weighted by molar-refractivity contribution is -0.141. The highest BCUT2D eigenvalue weighted by Crippen LogP contribution is 2.24. The Morgan fingerprint density at radius 1 is 0.750 bits per heavy atom. The largest absolute Gasteiger partial charge is 0.508 e. The molecule has 3 rings (SSSR count). The van der Waals surface area contributed by atoms with Gasteiger partial charge in [-0.2, -0.15) is 0 Å². The molecule has 0 aliphatic rings. The number of benzene rings is 3. The second-order valence-corrected chi connectivity index (χ2v) is 8.83. The number of rotatable bonds is 9. The average Bonchev–Trinajstić information content (AvgIpc) is 2.97. The van der Waals surface area contributed by atoms with Gasteiger partial charge in [0.2, 0.25) is 0 Å². The highest BCUT2D eigenvalue weighted by molar-refractivity contribution is 5.71. The Hall–Kier alpha value is -4.68. The third-order valence-electron chi connectivity index (χ3n) is 6.07. The first-order valence-corrected chi connectivity index (χ1v) is 12.9. The summed E-state index contributed by atoms with van der Waals surface area (Å²) in [6, 6.07) is 22.6. The van der Waals surface area contributed by atoms with Gasteiger partial charge in [-0.15, -0.1) is 11.8 Å². The predicted molar refractivity (Wildman–Crippen MR) is 156 cm³/mol. The zero-order valence-corrected chi connectivity index (χ0v) is 23.7. The van der Waals surface area contributed by atoms with E-state index in [1.807, 2.05) is 36.4 Å². The lowest BCUT2D eigenvalue weighted by Crippen LogP contribution is -2.07. The summed E-state index contributed by atoms with van der Waals surface area (Å²) in [6.45, 7) is 6.10. The van der Waals surface area contributed by atoms with Gasteiger partial charge in [-0.3, -0.25) is 9.59 Å². The maximum atomic E-state index is 11.5. The molecule has 0 bridgehead atoms. The maximum Gasteiger partial charge on any atom is 0.307 e. The fourth-order valence-electron chi connectivity index (χ4n) is 3.79. The number of aryl methyl sites for hydroxylation is 1. The summed E-state index contributed by atoms with van der Waals surface area (Å²) in [5.41, 5.74) is 4.27. The smallest absolute Gasteiger partial charge is 0.307 e. The molecule has 3 aromatic carbocycles. The number of hydrogen-bond donors (Lipinski definition) is 1. The van der Waals surface area contributed by atoms with Crippen molar-refractivity contribution < 1.29 is 28.9 Å². The molecule has 0 heterocycles. The minimum Gasteiger partial charge on any atom is -0.508 e. The molecule has 0 aliphatic heterocycles. The molecule has 0 fully saturated rings. The second-order valence-electron chi connectivity index (χ2n) is 8.83. The van der Waals surface area contributed by atoms with E-state index in [0.29, 0.717) is 6.61 Å². The first kappa shape index (κ1) is 31.5. The number of carbonyl (C=O) groups excluding carboxylic acids is 2. The van der Waals surface area contributed by atoms with Gasteiger partial charge >= 0.3 is 11.9 Å². The Morgan fingerprint density at radius 3 is 1.68 bits per heavy atom. The summed E-state index contributed by atoms with van der Waals surface area (Å²) in [5, 5.41) is 9.17. The molecule has 0 saturated carbocycles. The van der Waals surface area contributed by atoms with E-state index in [1.54, 1.807) is 38.1 Å². The molecular formula is C34H36O6. The lowest BCUT2D eigenvalue weighted by atomic mass is 9.96. The Balaban J connectivity index is 0.000000305.